The van der Waals surface area contributed by atoms with Crippen molar-refractivity contribution in [2.75, 3.05) is 22.4 Å². The van der Waals surface area contributed by atoms with Crippen molar-refractivity contribution in [2.24, 2.45) is 10.2 Å². The minimum Gasteiger partial charge on any atom is -0.278 e. The Bertz CT molecular complexity index is 1070. The van der Waals surface area contributed by atoms with Crippen LogP contribution in [0.5, 0.6) is 0 Å². The van der Waals surface area contributed by atoms with Crippen molar-refractivity contribution in [3.8, 4) is 0 Å². The number of hydrogen-bond acceptors (Lipinski definition) is 5. The van der Waals surface area contributed by atoms with Crippen LogP contribution in [-0.4, -0.2) is 22.9 Å². The Balaban J connectivity index is 1.48. The number of nitrogens with one attached hydrogen (secondary N) is 2. The van der Waals surface area contributed by atoms with Crippen molar-refractivity contribution in [1.29, 1.82) is 0 Å². The monoisotopic (exact) mass is 450 g/mol. The third-order valence-electron chi connectivity index (χ3n) is 4.88. The van der Waals surface area contributed by atoms with E-state index in [0.717, 1.165) is 45.4 Å². The highest BCUT2D eigenvalue weighted by molar-refractivity contribution is 8.00. The fourth-order valence-electron chi connectivity index (χ4n) is 3.16. The van der Waals surface area contributed by atoms with Gasteiger partial charge >= 0.3 is 0 Å². The summed E-state index contributed by atoms with van der Waals surface area (Å²) in [5.74, 6) is 1.50. The normalized spacial score (nSPS) is 11.8. The quantitative estimate of drug-likeness (QED) is 0.207. The lowest BCUT2D eigenvalue weighted by Gasteiger charge is -2.11. The Morgan fingerprint density at radius 1 is 0.485 bits per heavy atom. The van der Waals surface area contributed by atoms with Crippen molar-refractivity contribution >= 4 is 34.6 Å². The molecule has 0 saturated heterocycles. The molecule has 2 N–H and O–H groups in total. The first-order chi connectivity index (χ1) is 16.4. The second-order valence-corrected chi connectivity index (χ2v) is 8.28. The summed E-state index contributed by atoms with van der Waals surface area (Å²) in [4.78, 5) is 0. The number of hydrogen-bond donors (Lipinski definition) is 2. The molecule has 0 spiro atoms. The molecule has 0 bridgehead atoms. The Kier molecular flexibility index (Phi) is 8.32. The average Bonchev–Trinajstić information content (AvgIpc) is 2.90. The van der Waals surface area contributed by atoms with Gasteiger partial charge in [-0.05, 0) is 35.4 Å². The molecular formula is C28H26N4S. The molecule has 0 unspecified atom stereocenters. The van der Waals surface area contributed by atoms with Gasteiger partial charge in [0.25, 0.3) is 0 Å². The van der Waals surface area contributed by atoms with Crippen LogP contribution >= 0.6 is 11.8 Å². The molecule has 0 fully saturated rings. The van der Waals surface area contributed by atoms with Gasteiger partial charge in [0, 0.05) is 11.5 Å². The maximum Gasteiger partial charge on any atom is 0.0778 e. The van der Waals surface area contributed by atoms with Gasteiger partial charge in [-0.1, -0.05) is 97.1 Å². The standard InChI is InChI=1S/C28H26N4S/c1-5-13-23(14-6-1)27(31-29-25-17-9-3-10-18-25)21-33-22-28(24-15-7-2-8-16-24)32-30-26-19-11-4-12-20-26/h1-20,29-30H,21-22H2/b31-27-,32-28-. The molecule has 4 aromatic rings. The van der Waals surface area contributed by atoms with Gasteiger partial charge in [-0.2, -0.15) is 10.2 Å². The summed E-state index contributed by atoms with van der Waals surface area (Å²) in [6.45, 7) is 0. The SMILES string of the molecule is c1ccc(N/N=C(/CSC/C(=N/Nc2ccccc2)c2ccccc2)c2ccccc2)cc1. The molecule has 4 aromatic carbocycles. The zero-order valence-electron chi connectivity index (χ0n) is 18.3. The van der Waals surface area contributed by atoms with E-state index in [1.54, 1.807) is 11.8 Å². The molecule has 4 rings (SSSR count). The van der Waals surface area contributed by atoms with Crippen LogP contribution in [-0.2, 0) is 0 Å². The van der Waals surface area contributed by atoms with Crippen LogP contribution in [0.4, 0.5) is 11.4 Å². The summed E-state index contributed by atoms with van der Waals surface area (Å²) in [6, 6.07) is 40.6. The van der Waals surface area contributed by atoms with Crippen molar-refractivity contribution in [3.63, 3.8) is 0 Å². The van der Waals surface area contributed by atoms with E-state index >= 15 is 0 Å². The molecule has 0 atom stereocenters. The average molecular weight is 451 g/mol. The third kappa shape index (κ3) is 7.09. The van der Waals surface area contributed by atoms with Gasteiger partial charge in [0.05, 0.1) is 22.8 Å². The van der Waals surface area contributed by atoms with Crippen molar-refractivity contribution in [3.05, 3.63) is 132 Å². The number of rotatable bonds is 10. The minimum atomic E-state index is 0.751. The number of para-hydroxylation sites is 2. The van der Waals surface area contributed by atoms with E-state index in [-0.39, 0.29) is 0 Å². The van der Waals surface area contributed by atoms with Crippen LogP contribution in [0.15, 0.2) is 132 Å². The molecule has 0 heterocycles. The van der Waals surface area contributed by atoms with Gasteiger partial charge < -0.3 is 0 Å². The largest absolute Gasteiger partial charge is 0.278 e. The Hall–Kier alpha value is -3.83. The van der Waals surface area contributed by atoms with E-state index in [9.17, 15) is 0 Å². The number of benzene rings is 4. The van der Waals surface area contributed by atoms with Crippen LogP contribution in [0.1, 0.15) is 11.1 Å². The third-order valence-corrected chi connectivity index (χ3v) is 5.83. The van der Waals surface area contributed by atoms with E-state index < -0.39 is 0 Å². The van der Waals surface area contributed by atoms with Crippen LogP contribution in [0.3, 0.4) is 0 Å². The van der Waals surface area contributed by atoms with Gasteiger partial charge in [0.15, 0.2) is 0 Å². The lowest BCUT2D eigenvalue weighted by Crippen LogP contribution is -2.12. The summed E-state index contributed by atoms with van der Waals surface area (Å²) < 4.78 is 0. The molecule has 5 heteroatoms. The first-order valence-electron chi connectivity index (χ1n) is 10.8. The van der Waals surface area contributed by atoms with E-state index in [1.165, 1.54) is 0 Å². The number of thioether (sulfide) groups is 1. The zero-order valence-corrected chi connectivity index (χ0v) is 19.1. The van der Waals surface area contributed by atoms with Crippen molar-refractivity contribution in [2.45, 2.75) is 0 Å². The second-order valence-electron chi connectivity index (χ2n) is 7.30. The van der Waals surface area contributed by atoms with Crippen LogP contribution < -0.4 is 10.9 Å². The predicted octanol–water partition coefficient (Wildman–Crippen LogP) is 6.75. The molecule has 0 aromatic heterocycles. The molecule has 4 nitrogen and oxygen atoms in total. The van der Waals surface area contributed by atoms with Gasteiger partial charge in [-0.3, -0.25) is 10.9 Å². The lowest BCUT2D eigenvalue weighted by atomic mass is 10.1. The van der Waals surface area contributed by atoms with Crippen LogP contribution in [0, 0.1) is 0 Å². The van der Waals surface area contributed by atoms with Crippen LogP contribution in [0.25, 0.3) is 0 Å². The fraction of sp³-hybridized carbons (Fsp3) is 0.0714. The molecule has 33 heavy (non-hydrogen) atoms. The first kappa shape index (κ1) is 22.4. The molecule has 0 aliphatic carbocycles. The summed E-state index contributed by atoms with van der Waals surface area (Å²) in [6.07, 6.45) is 0. The highest BCUT2D eigenvalue weighted by Crippen LogP contribution is 2.14. The first-order valence-corrected chi connectivity index (χ1v) is 12.0. The summed E-state index contributed by atoms with van der Waals surface area (Å²) in [5, 5.41) is 9.44. The van der Waals surface area contributed by atoms with E-state index in [2.05, 4.69) is 35.1 Å². The zero-order chi connectivity index (χ0) is 22.6. The lowest BCUT2D eigenvalue weighted by molar-refractivity contribution is 1.32. The van der Waals surface area contributed by atoms with E-state index in [1.807, 2.05) is 97.1 Å². The van der Waals surface area contributed by atoms with E-state index in [4.69, 9.17) is 10.2 Å². The van der Waals surface area contributed by atoms with Gasteiger partial charge in [-0.15, -0.1) is 11.8 Å². The van der Waals surface area contributed by atoms with Gasteiger partial charge in [0.1, 0.15) is 0 Å². The van der Waals surface area contributed by atoms with Gasteiger partial charge in [0.2, 0.25) is 0 Å². The topological polar surface area (TPSA) is 48.8 Å². The van der Waals surface area contributed by atoms with Crippen molar-refractivity contribution < 1.29 is 0 Å². The van der Waals surface area contributed by atoms with Crippen molar-refractivity contribution in [1.82, 2.24) is 0 Å². The molecule has 164 valence electrons. The van der Waals surface area contributed by atoms with Gasteiger partial charge in [-0.25, -0.2) is 0 Å². The Morgan fingerprint density at radius 3 is 1.18 bits per heavy atom. The number of nitrogens with zero attached hydrogens (tertiary/aromatic N) is 2. The molecular weight excluding hydrogens is 424 g/mol. The number of hydrazone groups is 2. The molecule has 0 aliphatic rings. The fourth-order valence-corrected chi connectivity index (χ4v) is 4.11. The summed E-state index contributed by atoms with van der Waals surface area (Å²) in [5.41, 5.74) is 12.5. The predicted molar refractivity (Wildman–Crippen MR) is 143 cm³/mol. The van der Waals surface area contributed by atoms with Crippen LogP contribution in [0.2, 0.25) is 0 Å². The summed E-state index contributed by atoms with van der Waals surface area (Å²) >= 11 is 1.79. The maximum absolute atomic E-state index is 4.72. The molecule has 0 radical (unpaired) electrons. The molecule has 0 aliphatic heterocycles. The molecule has 0 saturated carbocycles. The highest BCUT2D eigenvalue weighted by atomic mass is 32.2. The Labute approximate surface area is 199 Å². The number of anilines is 2. The minimum absolute atomic E-state index is 0.751. The Morgan fingerprint density at radius 2 is 0.818 bits per heavy atom. The second kappa shape index (κ2) is 12.3. The highest BCUT2D eigenvalue weighted by Gasteiger charge is 2.08. The van der Waals surface area contributed by atoms with E-state index in [0.29, 0.717) is 0 Å². The smallest absolute Gasteiger partial charge is 0.0778 e. The molecule has 0 amide bonds. The maximum atomic E-state index is 4.72. The summed E-state index contributed by atoms with van der Waals surface area (Å²) in [7, 11) is 0.